The number of likely N-dealkylation sites (N-methyl/N-ethyl adjacent to an activating group) is 1. The molecule has 0 aliphatic carbocycles. The Morgan fingerprint density at radius 1 is 1.24 bits per heavy atom. The van der Waals surface area contributed by atoms with Crippen LogP contribution in [0.25, 0.3) is 0 Å². The second-order valence-corrected chi connectivity index (χ2v) is 8.77. The first kappa shape index (κ1) is 25.7. The monoisotopic (exact) mass is 383 g/mol. The number of aliphatic carboxylic acids is 1. The smallest absolute Gasteiger partial charge is 0.334 e. The topological polar surface area (TPSA) is 121 Å². The lowest BCUT2D eigenvalue weighted by molar-refractivity contribution is -0.932. The Kier molecular flexibility index (Phi) is 10.8. The largest absolute Gasteiger partial charge is 0.544 e. The van der Waals surface area contributed by atoms with Crippen LogP contribution in [0.1, 0.15) is 13.3 Å². The van der Waals surface area contributed by atoms with Crippen LogP contribution in [0.3, 0.4) is 0 Å². The van der Waals surface area contributed by atoms with E-state index in [-0.39, 0.29) is 12.3 Å². The third-order valence-corrected chi connectivity index (χ3v) is 3.98. The molecule has 0 saturated carbocycles. The summed E-state index contributed by atoms with van der Waals surface area (Å²) in [5.41, 5.74) is 0. The molecule has 10 heteroatoms. The maximum atomic E-state index is 11.0. The zero-order valence-electron chi connectivity index (χ0n) is 15.9. The molecule has 0 radical (unpaired) electrons. The number of quaternary nitrogens is 2. The highest BCUT2D eigenvalue weighted by molar-refractivity contribution is 7.85. The van der Waals surface area contributed by atoms with Crippen LogP contribution in [0.5, 0.6) is 0 Å². The van der Waals surface area contributed by atoms with Crippen LogP contribution < -0.4 is 5.11 Å². The quantitative estimate of drug-likeness (QED) is 0.176. The van der Waals surface area contributed by atoms with Gasteiger partial charge in [-0.1, -0.05) is 6.58 Å². The zero-order chi connectivity index (χ0) is 20.5. The second kappa shape index (κ2) is 10.5. The van der Waals surface area contributed by atoms with Crippen LogP contribution >= 0.6 is 0 Å². The summed E-state index contributed by atoms with van der Waals surface area (Å²) in [5.74, 6) is -1.81. The molecular formula is C15H31N2O7S+. The fourth-order valence-corrected chi connectivity index (χ4v) is 2.08. The van der Waals surface area contributed by atoms with Gasteiger partial charge in [0.25, 0.3) is 10.1 Å². The molecule has 0 aromatic rings. The lowest BCUT2D eigenvalue weighted by Crippen LogP contribution is -2.50. The first-order valence-electron chi connectivity index (χ1n) is 7.61. The predicted molar refractivity (Wildman–Crippen MR) is 91.7 cm³/mol. The fraction of sp³-hybridized carbons (Fsp3) is 0.733. The van der Waals surface area contributed by atoms with Crippen molar-refractivity contribution in [1.82, 2.24) is 0 Å². The Labute approximate surface area is 150 Å². The van der Waals surface area contributed by atoms with Gasteiger partial charge in [-0.3, -0.25) is 9.04 Å². The highest BCUT2D eigenvalue weighted by Crippen LogP contribution is 2.10. The lowest BCUT2D eigenvalue weighted by atomic mass is 10.3. The Morgan fingerprint density at radius 3 is 2.00 bits per heavy atom. The van der Waals surface area contributed by atoms with Crippen LogP contribution in [-0.2, 0) is 24.4 Å². The normalized spacial score (nSPS) is 13.2. The van der Waals surface area contributed by atoms with Crippen LogP contribution in [0, 0.1) is 0 Å². The van der Waals surface area contributed by atoms with Crippen molar-refractivity contribution in [3.05, 3.63) is 12.7 Å². The summed E-state index contributed by atoms with van der Waals surface area (Å²) in [6.07, 6.45) is 0.957. The van der Waals surface area contributed by atoms with Gasteiger partial charge in [0, 0.05) is 19.4 Å². The van der Waals surface area contributed by atoms with Crippen molar-refractivity contribution in [2.24, 2.45) is 0 Å². The van der Waals surface area contributed by atoms with E-state index in [0.29, 0.717) is 21.9 Å². The standard InChI is InChI=1S/C10H19NO5S.C5H11NO2/c1-5-10(12)16-9(2)11(3,4)7-6-8-17(13,14)15;1-6(2,3)4-5(7)8/h5,9H,1,6-8H2,2-4H3;4H2,1-3H3/p+1. The third-order valence-electron chi connectivity index (χ3n) is 3.18. The predicted octanol–water partition coefficient (Wildman–Crippen LogP) is -1.14. The summed E-state index contributed by atoms with van der Waals surface area (Å²) >= 11 is 0. The van der Waals surface area contributed by atoms with E-state index in [2.05, 4.69) is 6.58 Å². The molecule has 148 valence electrons. The van der Waals surface area contributed by atoms with Gasteiger partial charge >= 0.3 is 5.97 Å². The highest BCUT2D eigenvalue weighted by Gasteiger charge is 2.26. The van der Waals surface area contributed by atoms with Gasteiger partial charge in [-0.05, 0) is 0 Å². The number of hydrogen-bond acceptors (Lipinski definition) is 6. The molecule has 0 rings (SSSR count). The Balaban J connectivity index is 0. The zero-order valence-corrected chi connectivity index (χ0v) is 16.7. The van der Waals surface area contributed by atoms with Crippen molar-refractivity contribution in [2.45, 2.75) is 19.6 Å². The van der Waals surface area contributed by atoms with Gasteiger partial charge in [0.05, 0.1) is 53.5 Å². The molecule has 0 aromatic carbocycles. The molecule has 0 fully saturated rings. The number of rotatable bonds is 9. The molecule has 25 heavy (non-hydrogen) atoms. The molecular weight excluding hydrogens is 352 g/mol. The van der Waals surface area contributed by atoms with E-state index in [1.54, 1.807) is 28.1 Å². The van der Waals surface area contributed by atoms with Crippen molar-refractivity contribution in [3.63, 3.8) is 0 Å². The first-order valence-corrected chi connectivity index (χ1v) is 9.22. The molecule has 0 aliphatic heterocycles. The summed E-state index contributed by atoms with van der Waals surface area (Å²) in [7, 11) is 5.09. The summed E-state index contributed by atoms with van der Waals surface area (Å²) in [5, 5.41) is 9.89. The van der Waals surface area contributed by atoms with Crippen LogP contribution in [0.4, 0.5) is 0 Å². The number of nitrogens with zero attached hydrogens (tertiary/aromatic N) is 2. The third kappa shape index (κ3) is 17.1. The molecule has 1 N–H and O–H groups in total. The summed E-state index contributed by atoms with van der Waals surface area (Å²) in [6.45, 7) is 5.55. The van der Waals surface area contributed by atoms with Gasteiger partial charge < -0.3 is 19.1 Å². The molecule has 0 spiro atoms. The summed E-state index contributed by atoms with van der Waals surface area (Å²) < 4.78 is 35.5. The number of carbonyl (C=O) groups excluding carboxylic acids is 2. The van der Waals surface area contributed by atoms with Crippen molar-refractivity contribution in [2.75, 3.05) is 54.1 Å². The van der Waals surface area contributed by atoms with E-state index in [9.17, 15) is 23.1 Å². The maximum Gasteiger partial charge on any atom is 0.334 e. The number of carboxylic acids is 1. The van der Waals surface area contributed by atoms with Crippen LogP contribution in [0.2, 0.25) is 0 Å². The summed E-state index contributed by atoms with van der Waals surface area (Å²) in [6, 6.07) is 0. The van der Waals surface area contributed by atoms with Gasteiger partial charge in [-0.2, -0.15) is 8.42 Å². The minimum atomic E-state index is -3.93. The van der Waals surface area contributed by atoms with Gasteiger partial charge in [0.15, 0.2) is 0 Å². The van der Waals surface area contributed by atoms with E-state index >= 15 is 0 Å². The Bertz CT molecular complexity index is 551. The Hall–Kier alpha value is -1.49. The molecule has 0 heterocycles. The van der Waals surface area contributed by atoms with Gasteiger partial charge in [0.2, 0.25) is 6.23 Å². The van der Waals surface area contributed by atoms with E-state index in [0.717, 1.165) is 6.08 Å². The fourth-order valence-electron chi connectivity index (χ4n) is 1.58. The Morgan fingerprint density at radius 2 is 1.72 bits per heavy atom. The van der Waals surface area contributed by atoms with E-state index in [4.69, 9.17) is 9.29 Å². The van der Waals surface area contributed by atoms with Crippen LogP contribution in [0.15, 0.2) is 12.7 Å². The molecule has 0 amide bonds. The summed E-state index contributed by atoms with van der Waals surface area (Å²) in [4.78, 5) is 20.9. The molecule has 0 bridgehead atoms. The molecule has 1 unspecified atom stereocenters. The lowest BCUT2D eigenvalue weighted by Gasteiger charge is -2.34. The minimum Gasteiger partial charge on any atom is -0.544 e. The molecule has 0 aromatic heterocycles. The van der Waals surface area contributed by atoms with Crippen LogP contribution in [-0.4, -0.2) is 94.2 Å². The number of ether oxygens (including phenoxy) is 1. The van der Waals surface area contributed by atoms with Crippen molar-refractivity contribution in [1.29, 1.82) is 0 Å². The van der Waals surface area contributed by atoms with Gasteiger partial charge in [0.1, 0.15) is 6.54 Å². The van der Waals surface area contributed by atoms with Crippen molar-refractivity contribution < 1.29 is 41.4 Å². The molecule has 0 saturated heterocycles. The van der Waals surface area contributed by atoms with E-state index in [1.165, 1.54) is 0 Å². The average molecular weight is 383 g/mol. The maximum absolute atomic E-state index is 11.0. The highest BCUT2D eigenvalue weighted by atomic mass is 32.2. The number of hydrogen-bond donors (Lipinski definition) is 1. The first-order chi connectivity index (χ1) is 11.0. The average Bonchev–Trinajstić information content (AvgIpc) is 2.34. The van der Waals surface area contributed by atoms with Crippen molar-refractivity contribution in [3.8, 4) is 0 Å². The number of carbonyl (C=O) groups is 2. The van der Waals surface area contributed by atoms with E-state index < -0.39 is 28.3 Å². The van der Waals surface area contributed by atoms with E-state index in [1.807, 2.05) is 14.1 Å². The minimum absolute atomic E-state index is 0.0694. The number of esters is 1. The molecule has 0 aliphatic rings. The second-order valence-electron chi connectivity index (χ2n) is 7.20. The van der Waals surface area contributed by atoms with Crippen molar-refractivity contribution >= 4 is 22.1 Å². The molecule has 1 atom stereocenters. The van der Waals surface area contributed by atoms with Gasteiger partial charge in [-0.15, -0.1) is 0 Å². The SMILES string of the molecule is C=CC(=O)OC(C)[N+](C)(C)CCCS(=O)(=O)O.C[N+](C)(C)CC(=O)[O-]. The molecule has 9 nitrogen and oxygen atoms in total. The van der Waals surface area contributed by atoms with Gasteiger partial charge in [-0.25, -0.2) is 4.79 Å². The number of carboxylic acid groups (broad SMARTS) is 1.